The van der Waals surface area contributed by atoms with Crippen LogP contribution < -0.4 is 0 Å². The third kappa shape index (κ3) is 3.01. The van der Waals surface area contributed by atoms with Crippen molar-refractivity contribution in [2.45, 2.75) is 26.3 Å². The lowest BCUT2D eigenvalue weighted by Gasteiger charge is -2.30. The first-order chi connectivity index (χ1) is 11.7. The van der Waals surface area contributed by atoms with Gasteiger partial charge in [-0.15, -0.1) is 5.10 Å². The molecule has 124 valence electrons. The van der Waals surface area contributed by atoms with Crippen LogP contribution in [0.4, 0.5) is 4.39 Å². The molecule has 1 fully saturated rings. The number of piperidine rings is 1. The van der Waals surface area contributed by atoms with Crippen molar-refractivity contribution in [2.24, 2.45) is 5.92 Å². The van der Waals surface area contributed by atoms with Crippen LogP contribution in [-0.4, -0.2) is 38.0 Å². The van der Waals surface area contributed by atoms with Gasteiger partial charge in [0.2, 0.25) is 0 Å². The zero-order valence-electron chi connectivity index (χ0n) is 13.7. The highest BCUT2D eigenvalue weighted by atomic mass is 19.1. The second kappa shape index (κ2) is 6.28. The molecule has 1 aliphatic heterocycles. The number of benzene rings is 1. The topological polar surface area (TPSA) is 46.3 Å². The van der Waals surface area contributed by atoms with Crippen molar-refractivity contribution < 1.29 is 4.39 Å². The van der Waals surface area contributed by atoms with Gasteiger partial charge >= 0.3 is 0 Å². The van der Waals surface area contributed by atoms with Crippen LogP contribution in [0.15, 0.2) is 36.5 Å². The zero-order chi connectivity index (χ0) is 16.5. The van der Waals surface area contributed by atoms with Crippen molar-refractivity contribution in [1.29, 1.82) is 0 Å². The molecule has 0 saturated carbocycles. The molecule has 24 heavy (non-hydrogen) atoms. The Balaban J connectivity index is 1.71. The van der Waals surface area contributed by atoms with Crippen LogP contribution >= 0.6 is 0 Å². The molecule has 0 amide bonds. The molecule has 3 aromatic rings. The van der Waals surface area contributed by atoms with E-state index in [-0.39, 0.29) is 5.82 Å². The lowest BCUT2D eigenvalue weighted by atomic mass is 9.99. The Hall–Kier alpha value is -2.34. The molecular formula is C18H20FN5. The second-order valence-corrected chi connectivity index (χ2v) is 6.69. The molecule has 1 aromatic carbocycles. The highest BCUT2D eigenvalue weighted by Gasteiger charge is 2.18. The average Bonchev–Trinajstić information content (AvgIpc) is 3.04. The number of pyridine rings is 1. The minimum atomic E-state index is -0.232. The highest BCUT2D eigenvalue weighted by Crippen LogP contribution is 2.25. The molecule has 2 aromatic heterocycles. The van der Waals surface area contributed by atoms with E-state index in [1.807, 2.05) is 6.20 Å². The van der Waals surface area contributed by atoms with Crippen molar-refractivity contribution in [3.05, 3.63) is 47.9 Å². The molecule has 5 nitrogen and oxygen atoms in total. The van der Waals surface area contributed by atoms with Crippen molar-refractivity contribution in [3.63, 3.8) is 0 Å². The molecule has 0 unspecified atom stereocenters. The van der Waals surface area contributed by atoms with Gasteiger partial charge in [0.1, 0.15) is 5.82 Å². The van der Waals surface area contributed by atoms with E-state index in [1.165, 1.54) is 25.0 Å². The van der Waals surface area contributed by atoms with Crippen molar-refractivity contribution in [3.8, 4) is 11.1 Å². The maximum absolute atomic E-state index is 13.2. The lowest BCUT2D eigenvalue weighted by Crippen LogP contribution is -2.33. The van der Waals surface area contributed by atoms with Gasteiger partial charge in [0, 0.05) is 30.4 Å². The van der Waals surface area contributed by atoms with Crippen LogP contribution in [0.25, 0.3) is 16.8 Å². The van der Waals surface area contributed by atoms with E-state index >= 15 is 0 Å². The Bertz CT molecular complexity index is 842. The molecule has 6 heteroatoms. The summed E-state index contributed by atoms with van der Waals surface area (Å²) in [5, 5.41) is 12.0. The largest absolute Gasteiger partial charge is 0.299 e. The summed E-state index contributed by atoms with van der Waals surface area (Å²) in [4.78, 5) is 2.46. The molecule has 1 aliphatic rings. The quantitative estimate of drug-likeness (QED) is 0.742. The van der Waals surface area contributed by atoms with Crippen LogP contribution in [-0.2, 0) is 6.54 Å². The minimum Gasteiger partial charge on any atom is -0.299 e. The fourth-order valence-corrected chi connectivity index (χ4v) is 3.50. The van der Waals surface area contributed by atoms with Crippen molar-refractivity contribution in [2.75, 3.05) is 13.1 Å². The standard InChI is InChI=1S/C18H20FN5/c1-13-3-2-8-23(10-13)11-16-9-15(12-24-18(16)20-21-22-24)14-4-6-17(19)7-5-14/h4-7,9,12-13H,2-3,8,10-11H2,1H3/t13-/m1/s1. The van der Waals surface area contributed by atoms with Gasteiger partial charge in [-0.1, -0.05) is 19.1 Å². The molecule has 0 bridgehead atoms. The number of nitrogens with zero attached hydrogens (tertiary/aromatic N) is 5. The first-order valence-electron chi connectivity index (χ1n) is 8.38. The molecular weight excluding hydrogens is 305 g/mol. The molecule has 0 aliphatic carbocycles. The van der Waals surface area contributed by atoms with Gasteiger partial charge in [0.05, 0.1) is 0 Å². The van der Waals surface area contributed by atoms with Crippen LogP contribution in [0.3, 0.4) is 0 Å². The van der Waals surface area contributed by atoms with E-state index < -0.39 is 0 Å². The van der Waals surface area contributed by atoms with Crippen molar-refractivity contribution in [1.82, 2.24) is 24.9 Å². The SMILES string of the molecule is C[C@@H]1CCCN(Cc2cc(-c3ccc(F)cc3)cn3nnnc23)C1. The number of hydrogen-bond donors (Lipinski definition) is 0. The Labute approximate surface area is 140 Å². The summed E-state index contributed by atoms with van der Waals surface area (Å²) in [5.41, 5.74) is 3.85. The number of rotatable bonds is 3. The van der Waals surface area contributed by atoms with Gasteiger partial charge in [-0.25, -0.2) is 4.39 Å². The second-order valence-electron chi connectivity index (χ2n) is 6.69. The van der Waals surface area contributed by atoms with E-state index in [4.69, 9.17) is 0 Å². The summed E-state index contributed by atoms with van der Waals surface area (Å²) in [5.74, 6) is 0.496. The number of halogens is 1. The number of tetrazole rings is 1. The minimum absolute atomic E-state index is 0.232. The van der Waals surface area contributed by atoms with E-state index in [0.717, 1.165) is 47.9 Å². The predicted octanol–water partition coefficient (Wildman–Crippen LogP) is 3.16. The summed E-state index contributed by atoms with van der Waals surface area (Å²) >= 11 is 0. The number of likely N-dealkylation sites (tertiary alicyclic amines) is 1. The molecule has 3 heterocycles. The Morgan fingerprint density at radius 1 is 1.21 bits per heavy atom. The van der Waals surface area contributed by atoms with Gasteiger partial charge in [0.15, 0.2) is 5.65 Å². The smallest absolute Gasteiger partial charge is 0.183 e. The molecule has 0 spiro atoms. The van der Waals surface area contributed by atoms with Gasteiger partial charge in [-0.3, -0.25) is 4.90 Å². The predicted molar refractivity (Wildman–Crippen MR) is 89.9 cm³/mol. The summed E-state index contributed by atoms with van der Waals surface area (Å²) in [6.45, 7) is 5.35. The maximum Gasteiger partial charge on any atom is 0.183 e. The third-order valence-corrected chi connectivity index (χ3v) is 4.68. The summed E-state index contributed by atoms with van der Waals surface area (Å²) in [6, 6.07) is 8.65. The monoisotopic (exact) mass is 325 g/mol. The van der Waals surface area contributed by atoms with Crippen LogP contribution in [0.5, 0.6) is 0 Å². The fraction of sp³-hybridized carbons (Fsp3) is 0.389. The summed E-state index contributed by atoms with van der Waals surface area (Å²) < 4.78 is 14.9. The van der Waals surface area contributed by atoms with Crippen LogP contribution in [0.1, 0.15) is 25.3 Å². The molecule has 1 atom stereocenters. The first kappa shape index (κ1) is 15.2. The van der Waals surface area contributed by atoms with Crippen LogP contribution in [0, 0.1) is 11.7 Å². The van der Waals surface area contributed by atoms with Crippen LogP contribution in [0.2, 0.25) is 0 Å². The summed E-state index contributed by atoms with van der Waals surface area (Å²) in [7, 11) is 0. The molecule has 0 radical (unpaired) electrons. The fourth-order valence-electron chi connectivity index (χ4n) is 3.50. The number of fused-ring (bicyclic) bond motifs is 1. The van der Waals surface area contributed by atoms with Gasteiger partial charge in [-0.2, -0.15) is 4.52 Å². The summed E-state index contributed by atoms with van der Waals surface area (Å²) in [6.07, 6.45) is 4.43. The van der Waals surface area contributed by atoms with Gasteiger partial charge in [0.25, 0.3) is 0 Å². The molecule has 4 rings (SSSR count). The Kier molecular flexibility index (Phi) is 3.98. The van der Waals surface area contributed by atoms with E-state index in [0.29, 0.717) is 0 Å². The average molecular weight is 325 g/mol. The Morgan fingerprint density at radius 3 is 2.83 bits per heavy atom. The third-order valence-electron chi connectivity index (χ3n) is 4.68. The number of hydrogen-bond acceptors (Lipinski definition) is 4. The van der Waals surface area contributed by atoms with Crippen molar-refractivity contribution >= 4 is 5.65 Å². The number of aromatic nitrogens is 4. The van der Waals surface area contributed by atoms with E-state index in [1.54, 1.807) is 16.6 Å². The first-order valence-corrected chi connectivity index (χ1v) is 8.38. The highest BCUT2D eigenvalue weighted by molar-refractivity contribution is 5.66. The molecule has 1 saturated heterocycles. The normalized spacial score (nSPS) is 19.0. The van der Waals surface area contributed by atoms with Gasteiger partial charge in [-0.05, 0) is 59.5 Å². The van der Waals surface area contributed by atoms with Gasteiger partial charge < -0.3 is 0 Å². The maximum atomic E-state index is 13.2. The zero-order valence-corrected chi connectivity index (χ0v) is 13.7. The van der Waals surface area contributed by atoms with E-state index in [9.17, 15) is 4.39 Å². The molecule has 0 N–H and O–H groups in total. The lowest BCUT2D eigenvalue weighted by molar-refractivity contribution is 0.177. The Morgan fingerprint density at radius 2 is 2.04 bits per heavy atom. The van der Waals surface area contributed by atoms with E-state index in [2.05, 4.69) is 33.4 Å².